The Morgan fingerprint density at radius 1 is 1.05 bits per heavy atom. The van der Waals surface area contributed by atoms with Gasteiger partial charge in [-0.2, -0.15) is 0 Å². The van der Waals surface area contributed by atoms with Gasteiger partial charge >= 0.3 is 0 Å². The maximum Gasteiger partial charge on any atom is 0.101 e. The molecule has 4 rings (SSSR count). The van der Waals surface area contributed by atoms with Crippen LogP contribution in [0.1, 0.15) is 25.3 Å². The number of hydrogen-bond acceptors (Lipinski definition) is 3. The van der Waals surface area contributed by atoms with Crippen molar-refractivity contribution in [3.63, 3.8) is 0 Å². The summed E-state index contributed by atoms with van der Waals surface area (Å²) in [6.07, 6.45) is 1.29. The van der Waals surface area contributed by atoms with Crippen LogP contribution in [0.5, 0.6) is 0 Å². The molecule has 0 unspecified atom stereocenters. The number of para-hydroxylation sites is 1. The van der Waals surface area contributed by atoms with Gasteiger partial charge in [-0.05, 0) is 36.8 Å². The van der Waals surface area contributed by atoms with E-state index in [-0.39, 0.29) is 6.04 Å². The van der Waals surface area contributed by atoms with Crippen molar-refractivity contribution in [3.05, 3.63) is 35.7 Å². The molecule has 3 nitrogen and oxygen atoms in total. The normalized spacial score (nSPS) is 27.4. The summed E-state index contributed by atoms with van der Waals surface area (Å²) < 4.78 is 3.50. The van der Waals surface area contributed by atoms with Gasteiger partial charge < -0.3 is 14.8 Å². The Kier molecular flexibility index (Phi) is 2.84. The summed E-state index contributed by atoms with van der Waals surface area (Å²) in [5.74, 6) is 0. The average Bonchev–Trinajstić information content (AvgIpc) is 3.03. The first kappa shape index (κ1) is 12.4. The van der Waals surface area contributed by atoms with Gasteiger partial charge in [0.2, 0.25) is 0 Å². The fraction of sp³-hybridized carbons (Fsp3) is 0.375. The van der Waals surface area contributed by atoms with E-state index in [2.05, 4.69) is 34.2 Å². The molecule has 104 valence electrons. The topological polar surface area (TPSA) is 45.4 Å². The second-order valence-electron chi connectivity index (χ2n) is 5.58. The molecule has 1 saturated carbocycles. The van der Waals surface area contributed by atoms with Gasteiger partial charge in [0, 0.05) is 5.39 Å². The van der Waals surface area contributed by atoms with E-state index in [4.69, 9.17) is 0 Å². The van der Waals surface area contributed by atoms with Gasteiger partial charge in [0.05, 0.1) is 27.9 Å². The Morgan fingerprint density at radius 3 is 2.80 bits per heavy atom. The molecule has 1 aliphatic rings. The van der Waals surface area contributed by atoms with E-state index in [0.717, 1.165) is 18.4 Å². The van der Waals surface area contributed by atoms with Crippen LogP contribution in [-0.2, 0) is 0 Å². The van der Waals surface area contributed by atoms with Gasteiger partial charge in [-0.3, -0.25) is 0 Å². The number of aliphatic hydroxyl groups is 2. The molecule has 0 aliphatic heterocycles. The van der Waals surface area contributed by atoms with Crippen molar-refractivity contribution in [1.82, 2.24) is 4.57 Å². The first-order valence-corrected chi connectivity index (χ1v) is 7.97. The minimum Gasteiger partial charge on any atom is -0.390 e. The van der Waals surface area contributed by atoms with E-state index in [0.29, 0.717) is 6.42 Å². The smallest absolute Gasteiger partial charge is 0.101 e. The molecule has 0 bridgehead atoms. The zero-order valence-electron chi connectivity index (χ0n) is 11.1. The van der Waals surface area contributed by atoms with Crippen LogP contribution in [0.15, 0.2) is 35.7 Å². The Labute approximate surface area is 121 Å². The lowest BCUT2D eigenvalue weighted by Crippen LogP contribution is -2.38. The highest BCUT2D eigenvalue weighted by molar-refractivity contribution is 7.18. The molecule has 1 aromatic carbocycles. The number of aromatic nitrogens is 1. The summed E-state index contributed by atoms with van der Waals surface area (Å²) >= 11 is 1.74. The number of aliphatic hydroxyl groups excluding tert-OH is 2. The zero-order valence-corrected chi connectivity index (χ0v) is 11.9. The molecule has 2 heterocycles. The van der Waals surface area contributed by atoms with Gasteiger partial charge in [-0.25, -0.2) is 0 Å². The Hall–Kier alpha value is -1.36. The summed E-state index contributed by atoms with van der Waals surface area (Å²) in [5.41, 5.74) is 2.34. The monoisotopic (exact) mass is 287 g/mol. The Balaban J connectivity index is 1.98. The maximum absolute atomic E-state index is 10.4. The molecule has 2 aromatic heterocycles. The van der Waals surface area contributed by atoms with E-state index in [9.17, 15) is 10.2 Å². The lowest BCUT2D eigenvalue weighted by molar-refractivity contribution is -0.0375. The molecule has 20 heavy (non-hydrogen) atoms. The van der Waals surface area contributed by atoms with E-state index >= 15 is 0 Å². The van der Waals surface area contributed by atoms with Gasteiger partial charge in [-0.15, -0.1) is 11.3 Å². The van der Waals surface area contributed by atoms with Crippen molar-refractivity contribution in [2.75, 3.05) is 0 Å². The first-order valence-electron chi connectivity index (χ1n) is 7.09. The fourth-order valence-electron chi connectivity index (χ4n) is 3.47. The highest BCUT2D eigenvalue weighted by atomic mass is 32.1. The van der Waals surface area contributed by atoms with Crippen LogP contribution in [0.3, 0.4) is 0 Å². The van der Waals surface area contributed by atoms with Crippen LogP contribution >= 0.6 is 11.3 Å². The number of fused-ring (bicyclic) bond motifs is 3. The maximum atomic E-state index is 10.4. The number of benzene rings is 1. The van der Waals surface area contributed by atoms with Gasteiger partial charge in [0.1, 0.15) is 6.10 Å². The molecular weight excluding hydrogens is 270 g/mol. The van der Waals surface area contributed by atoms with Crippen molar-refractivity contribution in [1.29, 1.82) is 0 Å². The zero-order chi connectivity index (χ0) is 13.7. The molecule has 4 heteroatoms. The SMILES string of the molecule is O[C@H]1[C@@H](O)CCC[C@@H]1n1c2ccccc2c2sccc21. The molecule has 0 spiro atoms. The van der Waals surface area contributed by atoms with Gasteiger partial charge in [0.15, 0.2) is 0 Å². The third kappa shape index (κ3) is 1.65. The predicted octanol–water partition coefficient (Wildman–Crippen LogP) is 3.30. The summed E-state index contributed by atoms with van der Waals surface area (Å²) in [4.78, 5) is 0. The molecule has 0 amide bonds. The van der Waals surface area contributed by atoms with Crippen molar-refractivity contribution in [2.24, 2.45) is 0 Å². The quantitative estimate of drug-likeness (QED) is 0.721. The highest BCUT2D eigenvalue weighted by Gasteiger charge is 2.33. The third-order valence-electron chi connectivity index (χ3n) is 4.43. The minimum absolute atomic E-state index is 0.0317. The summed E-state index contributed by atoms with van der Waals surface area (Å²) in [6, 6.07) is 10.4. The van der Waals surface area contributed by atoms with Crippen LogP contribution in [-0.4, -0.2) is 27.0 Å². The van der Waals surface area contributed by atoms with Crippen LogP contribution in [0.2, 0.25) is 0 Å². The number of thiophene rings is 1. The third-order valence-corrected chi connectivity index (χ3v) is 5.37. The molecule has 0 radical (unpaired) electrons. The highest BCUT2D eigenvalue weighted by Crippen LogP contribution is 2.39. The lowest BCUT2D eigenvalue weighted by Gasteiger charge is -2.33. The minimum atomic E-state index is -0.678. The van der Waals surface area contributed by atoms with E-state index < -0.39 is 12.2 Å². The average molecular weight is 287 g/mol. The van der Waals surface area contributed by atoms with E-state index in [1.54, 1.807) is 11.3 Å². The van der Waals surface area contributed by atoms with Crippen LogP contribution in [0.4, 0.5) is 0 Å². The fourth-order valence-corrected chi connectivity index (χ4v) is 4.39. The van der Waals surface area contributed by atoms with Crippen LogP contribution < -0.4 is 0 Å². The molecule has 1 aliphatic carbocycles. The molecular formula is C16H17NO2S. The standard InChI is InChI=1S/C16H17NO2S/c18-14-7-3-6-12(15(14)19)17-11-5-2-1-4-10(11)16-13(17)8-9-20-16/h1-2,4-5,8-9,12,14-15,18-19H,3,6-7H2/t12-,14-,15+/m0/s1. The number of hydrogen-bond donors (Lipinski definition) is 2. The van der Waals surface area contributed by atoms with E-state index in [1.165, 1.54) is 15.6 Å². The van der Waals surface area contributed by atoms with Crippen molar-refractivity contribution in [2.45, 2.75) is 37.5 Å². The van der Waals surface area contributed by atoms with Crippen molar-refractivity contribution >= 4 is 32.5 Å². The number of nitrogens with zero attached hydrogens (tertiary/aromatic N) is 1. The lowest BCUT2D eigenvalue weighted by atomic mass is 9.89. The summed E-state index contributed by atoms with van der Waals surface area (Å²) in [5, 5.41) is 23.7. The molecule has 0 saturated heterocycles. The summed E-state index contributed by atoms with van der Waals surface area (Å²) in [7, 11) is 0. The molecule has 3 atom stereocenters. The van der Waals surface area contributed by atoms with Crippen molar-refractivity contribution < 1.29 is 10.2 Å². The van der Waals surface area contributed by atoms with Crippen LogP contribution in [0.25, 0.3) is 21.1 Å². The predicted molar refractivity (Wildman–Crippen MR) is 82.2 cm³/mol. The second kappa shape index (κ2) is 4.58. The second-order valence-corrected chi connectivity index (χ2v) is 6.49. The first-order chi connectivity index (χ1) is 9.77. The Bertz CT molecular complexity index is 760. The van der Waals surface area contributed by atoms with Gasteiger partial charge in [-0.1, -0.05) is 18.2 Å². The molecule has 1 fully saturated rings. The van der Waals surface area contributed by atoms with Crippen LogP contribution in [0, 0.1) is 0 Å². The summed E-state index contributed by atoms with van der Waals surface area (Å²) in [6.45, 7) is 0. The van der Waals surface area contributed by atoms with E-state index in [1.807, 2.05) is 6.07 Å². The number of rotatable bonds is 1. The largest absolute Gasteiger partial charge is 0.390 e. The Morgan fingerprint density at radius 2 is 1.90 bits per heavy atom. The molecule has 3 aromatic rings. The van der Waals surface area contributed by atoms with Crippen molar-refractivity contribution in [3.8, 4) is 0 Å². The van der Waals surface area contributed by atoms with Gasteiger partial charge in [0.25, 0.3) is 0 Å². The molecule has 2 N–H and O–H groups in total.